The maximum absolute atomic E-state index is 11.0. The van der Waals surface area contributed by atoms with Gasteiger partial charge in [0.05, 0.1) is 44.6 Å². The molecule has 0 fully saturated rings. The number of nitrogens with zero attached hydrogens (tertiary/aromatic N) is 4. The normalized spacial score (nSPS) is 13.0. The molecule has 0 amide bonds. The van der Waals surface area contributed by atoms with Crippen molar-refractivity contribution in [3.05, 3.63) is 180 Å². The highest BCUT2D eigenvalue weighted by Gasteiger charge is 2.37. The molecule has 4 nitrogen and oxygen atoms in total. The molecule has 2 aromatic heterocycles. The molecule has 8 aromatic carbocycles. The molecule has 0 spiro atoms. The van der Waals surface area contributed by atoms with Crippen LogP contribution in [-0.2, 0) is 5.41 Å². The molecule has 0 unspecified atom stereocenters. The zero-order chi connectivity index (χ0) is 37.0. The molecule has 2 heterocycles. The fourth-order valence-corrected chi connectivity index (χ4v) is 9.50. The zero-order valence-electron chi connectivity index (χ0n) is 30.3. The number of para-hydroxylation sites is 1. The third kappa shape index (κ3) is 4.20. The molecule has 11 rings (SSSR count). The average Bonchev–Trinajstić information content (AvgIpc) is 3.83. The van der Waals surface area contributed by atoms with E-state index >= 15 is 0 Å². The number of nitriles is 2. The van der Waals surface area contributed by atoms with Crippen molar-refractivity contribution in [1.82, 2.24) is 9.13 Å². The molecular formula is C51H32N4. The third-order valence-corrected chi connectivity index (χ3v) is 12.0. The topological polar surface area (TPSA) is 57.4 Å². The summed E-state index contributed by atoms with van der Waals surface area (Å²) in [5, 5.41) is 28.8. The molecule has 0 N–H and O–H groups in total. The molecule has 55 heavy (non-hydrogen) atoms. The molecule has 1 aliphatic carbocycles. The van der Waals surface area contributed by atoms with E-state index in [0.29, 0.717) is 22.5 Å². The van der Waals surface area contributed by atoms with Crippen molar-refractivity contribution in [2.45, 2.75) is 19.3 Å². The molecule has 0 aliphatic heterocycles. The molecule has 256 valence electrons. The van der Waals surface area contributed by atoms with Crippen LogP contribution in [0, 0.1) is 22.7 Å². The highest BCUT2D eigenvalue weighted by Crippen LogP contribution is 2.53. The lowest BCUT2D eigenvalue weighted by molar-refractivity contribution is 0.661. The van der Waals surface area contributed by atoms with Crippen LogP contribution in [-0.4, -0.2) is 9.13 Å². The second kappa shape index (κ2) is 11.3. The SMILES string of the molecule is CC1(C)c2ccccc2-c2c1ccc1c2c2ccccc2n1-c1cc(C#N)c(-n2c3ccc(-c4ccccc4)cc3c3c4ccccc4ccc32)cc1C#N. The summed E-state index contributed by atoms with van der Waals surface area (Å²) < 4.78 is 4.36. The summed E-state index contributed by atoms with van der Waals surface area (Å²) in [7, 11) is 0. The van der Waals surface area contributed by atoms with Crippen molar-refractivity contribution < 1.29 is 0 Å². The summed E-state index contributed by atoms with van der Waals surface area (Å²) in [6.07, 6.45) is 0. The van der Waals surface area contributed by atoms with Gasteiger partial charge in [-0.25, -0.2) is 0 Å². The van der Waals surface area contributed by atoms with Crippen molar-refractivity contribution in [1.29, 1.82) is 10.5 Å². The van der Waals surface area contributed by atoms with Crippen molar-refractivity contribution in [2.24, 2.45) is 0 Å². The highest BCUT2D eigenvalue weighted by molar-refractivity contribution is 6.22. The lowest BCUT2D eigenvalue weighted by Gasteiger charge is -2.21. The van der Waals surface area contributed by atoms with Gasteiger partial charge in [0.15, 0.2) is 0 Å². The maximum atomic E-state index is 11.0. The Bertz CT molecular complexity index is 3360. The first-order valence-corrected chi connectivity index (χ1v) is 18.6. The van der Waals surface area contributed by atoms with Gasteiger partial charge in [-0.2, -0.15) is 10.5 Å². The van der Waals surface area contributed by atoms with E-state index in [1.807, 2.05) is 24.3 Å². The number of hydrogen-bond acceptors (Lipinski definition) is 2. The first-order chi connectivity index (χ1) is 27.0. The predicted molar refractivity (Wildman–Crippen MR) is 225 cm³/mol. The minimum absolute atomic E-state index is 0.147. The summed E-state index contributed by atoms with van der Waals surface area (Å²) in [6.45, 7) is 4.60. The van der Waals surface area contributed by atoms with Gasteiger partial charge in [0.2, 0.25) is 0 Å². The van der Waals surface area contributed by atoms with Crippen molar-refractivity contribution in [3.63, 3.8) is 0 Å². The van der Waals surface area contributed by atoms with E-state index in [1.165, 1.54) is 27.6 Å². The minimum Gasteiger partial charge on any atom is -0.308 e. The second-order valence-corrected chi connectivity index (χ2v) is 15.1. The second-order valence-electron chi connectivity index (χ2n) is 15.1. The van der Waals surface area contributed by atoms with Gasteiger partial charge in [0.25, 0.3) is 0 Å². The van der Waals surface area contributed by atoms with Crippen LogP contribution in [0.25, 0.3) is 88.0 Å². The summed E-state index contributed by atoms with van der Waals surface area (Å²) in [4.78, 5) is 0. The van der Waals surface area contributed by atoms with Crippen LogP contribution >= 0.6 is 0 Å². The molecule has 0 atom stereocenters. The Labute approximate surface area is 318 Å². The van der Waals surface area contributed by atoms with Gasteiger partial charge in [-0.05, 0) is 86.6 Å². The monoisotopic (exact) mass is 700 g/mol. The lowest BCUT2D eigenvalue weighted by atomic mass is 9.82. The maximum Gasteiger partial charge on any atom is 0.101 e. The first-order valence-electron chi connectivity index (χ1n) is 18.6. The fraction of sp³-hybridized carbons (Fsp3) is 0.0588. The van der Waals surface area contributed by atoms with Crippen LogP contribution in [0.3, 0.4) is 0 Å². The molecule has 10 aromatic rings. The van der Waals surface area contributed by atoms with E-state index in [9.17, 15) is 10.5 Å². The number of rotatable bonds is 3. The van der Waals surface area contributed by atoms with Gasteiger partial charge in [-0.3, -0.25) is 0 Å². The van der Waals surface area contributed by atoms with Crippen LogP contribution in [0.2, 0.25) is 0 Å². The van der Waals surface area contributed by atoms with E-state index in [2.05, 4.69) is 169 Å². The molecular weight excluding hydrogens is 669 g/mol. The number of benzene rings is 8. The standard InChI is InChI=1S/C51H32N4/c1-51(2)40-18-10-8-16-37(40)49-41(51)22-25-45-50(49)38-17-9-11-19-42(38)54(45)46-27-35(30-53)47(28-34(46)29-52)55-43-23-21-33(31-12-4-3-5-13-31)26-39(43)48-36-15-7-6-14-32(36)20-24-44(48)55/h3-28H,1-2H3. The van der Waals surface area contributed by atoms with Crippen LogP contribution in [0.15, 0.2) is 158 Å². The van der Waals surface area contributed by atoms with Gasteiger partial charge < -0.3 is 9.13 Å². The summed E-state index contributed by atoms with van der Waals surface area (Å²) >= 11 is 0. The Morgan fingerprint density at radius 2 is 1.05 bits per heavy atom. The Kier molecular flexibility index (Phi) is 6.40. The van der Waals surface area contributed by atoms with E-state index in [1.54, 1.807) is 0 Å². The lowest BCUT2D eigenvalue weighted by Crippen LogP contribution is -2.14. The fourth-order valence-electron chi connectivity index (χ4n) is 9.50. The van der Waals surface area contributed by atoms with E-state index < -0.39 is 0 Å². The van der Waals surface area contributed by atoms with Crippen LogP contribution in [0.5, 0.6) is 0 Å². The van der Waals surface area contributed by atoms with Gasteiger partial charge in [-0.1, -0.05) is 129 Å². The zero-order valence-corrected chi connectivity index (χ0v) is 30.3. The average molecular weight is 701 g/mol. The number of aromatic nitrogens is 2. The molecule has 0 bridgehead atoms. The van der Waals surface area contributed by atoms with Crippen molar-refractivity contribution in [3.8, 4) is 45.8 Å². The van der Waals surface area contributed by atoms with Crippen LogP contribution < -0.4 is 0 Å². The third-order valence-electron chi connectivity index (χ3n) is 12.0. The number of fused-ring (bicyclic) bond motifs is 12. The quantitative estimate of drug-likeness (QED) is 0.184. The highest BCUT2D eigenvalue weighted by atomic mass is 15.0. The molecule has 1 aliphatic rings. The Morgan fingerprint density at radius 3 is 1.82 bits per heavy atom. The minimum atomic E-state index is -0.147. The van der Waals surface area contributed by atoms with Crippen LogP contribution in [0.1, 0.15) is 36.1 Å². The van der Waals surface area contributed by atoms with Gasteiger partial charge >= 0.3 is 0 Å². The Balaban J connectivity index is 1.21. The summed E-state index contributed by atoms with van der Waals surface area (Å²) in [5.41, 5.74) is 13.6. The summed E-state index contributed by atoms with van der Waals surface area (Å²) in [6, 6.07) is 60.3. The number of hydrogen-bond donors (Lipinski definition) is 0. The Hall–Kier alpha value is -7.40. The Morgan fingerprint density at radius 1 is 0.455 bits per heavy atom. The largest absolute Gasteiger partial charge is 0.308 e. The van der Waals surface area contributed by atoms with Crippen molar-refractivity contribution in [2.75, 3.05) is 0 Å². The summed E-state index contributed by atoms with van der Waals surface area (Å²) in [5.74, 6) is 0. The predicted octanol–water partition coefficient (Wildman–Crippen LogP) is 12.8. The van der Waals surface area contributed by atoms with Gasteiger partial charge in [-0.15, -0.1) is 0 Å². The van der Waals surface area contributed by atoms with Crippen LogP contribution in [0.4, 0.5) is 0 Å². The molecule has 0 saturated carbocycles. The van der Waals surface area contributed by atoms with Gasteiger partial charge in [0, 0.05) is 27.0 Å². The van der Waals surface area contributed by atoms with E-state index in [-0.39, 0.29) is 5.41 Å². The molecule has 0 saturated heterocycles. The van der Waals surface area contributed by atoms with E-state index in [4.69, 9.17) is 0 Å². The molecule has 4 heteroatoms. The molecule has 0 radical (unpaired) electrons. The van der Waals surface area contributed by atoms with Crippen molar-refractivity contribution >= 4 is 54.4 Å². The first kappa shape index (κ1) is 31.2. The van der Waals surface area contributed by atoms with Gasteiger partial charge in [0.1, 0.15) is 12.1 Å². The smallest absolute Gasteiger partial charge is 0.101 e. The van der Waals surface area contributed by atoms with E-state index in [0.717, 1.165) is 60.1 Å².